The van der Waals surface area contributed by atoms with E-state index in [-0.39, 0.29) is 30.2 Å². The fraction of sp³-hybridized carbons (Fsp3) is 0.556. The first-order valence-electron chi connectivity index (χ1n) is 8.40. The van der Waals surface area contributed by atoms with Crippen molar-refractivity contribution in [2.75, 3.05) is 19.7 Å². The Balaban J connectivity index is 1.72. The number of nitrogens with zero attached hydrogens (tertiary/aromatic N) is 1. The van der Waals surface area contributed by atoms with Crippen molar-refractivity contribution >= 4 is 11.8 Å². The fourth-order valence-electron chi connectivity index (χ4n) is 2.72. The number of para-hydroxylation sites is 1. The smallest absolute Gasteiger partial charge is 0.260 e. The SMILES string of the molecule is CC(C)CC(=O)NC1CCN(C(=O)COc2ccccc2F)CC1. The van der Waals surface area contributed by atoms with Gasteiger partial charge in [-0.1, -0.05) is 26.0 Å². The lowest BCUT2D eigenvalue weighted by Gasteiger charge is -2.32. The zero-order chi connectivity index (χ0) is 17.5. The van der Waals surface area contributed by atoms with Gasteiger partial charge in [-0.3, -0.25) is 9.59 Å². The minimum Gasteiger partial charge on any atom is -0.481 e. The summed E-state index contributed by atoms with van der Waals surface area (Å²) in [5.41, 5.74) is 0. The van der Waals surface area contributed by atoms with E-state index in [1.165, 1.54) is 12.1 Å². The molecule has 0 bridgehead atoms. The summed E-state index contributed by atoms with van der Waals surface area (Å²) in [5, 5.41) is 3.02. The lowest BCUT2D eigenvalue weighted by Crippen LogP contribution is -2.47. The number of rotatable bonds is 6. The van der Waals surface area contributed by atoms with E-state index in [0.717, 1.165) is 12.8 Å². The number of piperidine rings is 1. The summed E-state index contributed by atoms with van der Waals surface area (Å²) in [6, 6.07) is 6.15. The number of carbonyl (C=O) groups excluding carboxylic acids is 2. The van der Waals surface area contributed by atoms with Crippen LogP contribution in [0, 0.1) is 11.7 Å². The molecule has 1 fully saturated rings. The van der Waals surface area contributed by atoms with Gasteiger partial charge in [0.25, 0.3) is 5.91 Å². The Bertz CT molecular complexity index is 569. The second-order valence-corrected chi connectivity index (χ2v) is 6.54. The van der Waals surface area contributed by atoms with Crippen molar-refractivity contribution in [3.05, 3.63) is 30.1 Å². The first-order chi connectivity index (χ1) is 11.5. The molecular formula is C18H25FN2O3. The van der Waals surface area contributed by atoms with Crippen LogP contribution >= 0.6 is 0 Å². The van der Waals surface area contributed by atoms with Crippen LogP contribution in [0.15, 0.2) is 24.3 Å². The number of nitrogens with one attached hydrogen (secondary N) is 1. The van der Waals surface area contributed by atoms with Crippen molar-refractivity contribution in [3.63, 3.8) is 0 Å². The summed E-state index contributed by atoms with van der Waals surface area (Å²) in [6.07, 6.45) is 1.99. The predicted octanol–water partition coefficient (Wildman–Crippen LogP) is 2.36. The Morgan fingerprint density at radius 2 is 1.96 bits per heavy atom. The maximum Gasteiger partial charge on any atom is 0.260 e. The van der Waals surface area contributed by atoms with Crippen LogP contribution in [-0.4, -0.2) is 42.5 Å². The molecule has 1 aliphatic heterocycles. The molecular weight excluding hydrogens is 311 g/mol. The highest BCUT2D eigenvalue weighted by molar-refractivity contribution is 5.78. The summed E-state index contributed by atoms with van der Waals surface area (Å²) >= 11 is 0. The molecule has 132 valence electrons. The van der Waals surface area contributed by atoms with Crippen LogP contribution in [0.2, 0.25) is 0 Å². The number of hydrogen-bond donors (Lipinski definition) is 1. The van der Waals surface area contributed by atoms with Crippen molar-refractivity contribution in [2.24, 2.45) is 5.92 Å². The van der Waals surface area contributed by atoms with Gasteiger partial charge in [0.15, 0.2) is 18.2 Å². The van der Waals surface area contributed by atoms with Gasteiger partial charge in [-0.25, -0.2) is 4.39 Å². The second-order valence-electron chi connectivity index (χ2n) is 6.54. The molecule has 0 unspecified atom stereocenters. The number of amides is 2. The van der Waals surface area contributed by atoms with Crippen molar-refractivity contribution in [1.82, 2.24) is 10.2 Å². The minimum absolute atomic E-state index is 0.0673. The topological polar surface area (TPSA) is 58.6 Å². The molecule has 2 rings (SSSR count). The molecule has 0 aromatic heterocycles. The molecule has 1 N–H and O–H groups in total. The summed E-state index contributed by atoms with van der Waals surface area (Å²) in [7, 11) is 0. The maximum absolute atomic E-state index is 13.5. The molecule has 2 amide bonds. The number of carbonyl (C=O) groups is 2. The van der Waals surface area contributed by atoms with Crippen LogP contribution in [0.5, 0.6) is 5.75 Å². The van der Waals surface area contributed by atoms with Crippen LogP contribution in [0.4, 0.5) is 4.39 Å². The molecule has 1 saturated heterocycles. The molecule has 24 heavy (non-hydrogen) atoms. The zero-order valence-corrected chi connectivity index (χ0v) is 14.3. The third-order valence-electron chi connectivity index (χ3n) is 3.99. The molecule has 5 nitrogen and oxygen atoms in total. The highest BCUT2D eigenvalue weighted by Crippen LogP contribution is 2.16. The maximum atomic E-state index is 13.5. The van der Waals surface area contributed by atoms with Gasteiger partial charge < -0.3 is 15.0 Å². The molecule has 0 radical (unpaired) electrons. The highest BCUT2D eigenvalue weighted by atomic mass is 19.1. The average Bonchev–Trinajstić information content (AvgIpc) is 2.53. The predicted molar refractivity (Wildman–Crippen MR) is 89.1 cm³/mol. The quantitative estimate of drug-likeness (QED) is 0.867. The minimum atomic E-state index is -0.475. The third kappa shape index (κ3) is 5.51. The largest absolute Gasteiger partial charge is 0.481 e. The van der Waals surface area contributed by atoms with E-state index in [9.17, 15) is 14.0 Å². The first-order valence-corrected chi connectivity index (χ1v) is 8.40. The van der Waals surface area contributed by atoms with Gasteiger partial charge in [0.05, 0.1) is 0 Å². The van der Waals surface area contributed by atoms with Crippen molar-refractivity contribution in [2.45, 2.75) is 39.2 Å². The van der Waals surface area contributed by atoms with E-state index in [2.05, 4.69) is 5.32 Å². The van der Waals surface area contributed by atoms with E-state index in [1.54, 1.807) is 17.0 Å². The summed E-state index contributed by atoms with van der Waals surface area (Å²) in [5.74, 6) is -0.149. The molecule has 1 aromatic carbocycles. The number of hydrogen-bond acceptors (Lipinski definition) is 3. The average molecular weight is 336 g/mol. The molecule has 1 aliphatic rings. The standard InChI is InChI=1S/C18H25FN2O3/c1-13(2)11-17(22)20-14-7-9-21(10-8-14)18(23)12-24-16-6-4-3-5-15(16)19/h3-6,13-14H,7-12H2,1-2H3,(H,20,22). The van der Waals surface area contributed by atoms with Gasteiger partial charge in [0.1, 0.15) is 0 Å². The lowest BCUT2D eigenvalue weighted by atomic mass is 10.0. The van der Waals surface area contributed by atoms with Gasteiger partial charge in [0.2, 0.25) is 5.91 Å². The summed E-state index contributed by atoms with van der Waals surface area (Å²) < 4.78 is 18.7. The van der Waals surface area contributed by atoms with E-state index in [1.807, 2.05) is 13.8 Å². The normalized spacial score (nSPS) is 15.4. The number of benzene rings is 1. The molecule has 0 spiro atoms. The van der Waals surface area contributed by atoms with Crippen molar-refractivity contribution in [3.8, 4) is 5.75 Å². The lowest BCUT2D eigenvalue weighted by molar-refractivity contribution is -0.134. The third-order valence-corrected chi connectivity index (χ3v) is 3.99. The van der Waals surface area contributed by atoms with Gasteiger partial charge >= 0.3 is 0 Å². The van der Waals surface area contributed by atoms with Crippen LogP contribution in [0.3, 0.4) is 0 Å². The van der Waals surface area contributed by atoms with Gasteiger partial charge in [-0.2, -0.15) is 0 Å². The first kappa shape index (κ1) is 18.2. The van der Waals surface area contributed by atoms with Crippen molar-refractivity contribution in [1.29, 1.82) is 0 Å². The van der Waals surface area contributed by atoms with E-state index in [0.29, 0.717) is 25.4 Å². The monoisotopic (exact) mass is 336 g/mol. The van der Waals surface area contributed by atoms with E-state index >= 15 is 0 Å². The van der Waals surface area contributed by atoms with Crippen molar-refractivity contribution < 1.29 is 18.7 Å². The Labute approximate surface area is 142 Å². The molecule has 0 saturated carbocycles. The van der Waals surface area contributed by atoms with Crippen LogP contribution in [0.25, 0.3) is 0 Å². The summed E-state index contributed by atoms with van der Waals surface area (Å²) in [4.78, 5) is 25.6. The van der Waals surface area contributed by atoms with Gasteiger partial charge in [-0.15, -0.1) is 0 Å². The number of likely N-dealkylation sites (tertiary alicyclic amines) is 1. The Kier molecular flexibility index (Phi) is 6.58. The van der Waals surface area contributed by atoms with Crippen LogP contribution in [-0.2, 0) is 9.59 Å². The van der Waals surface area contributed by atoms with Gasteiger partial charge in [-0.05, 0) is 30.9 Å². The Morgan fingerprint density at radius 3 is 2.58 bits per heavy atom. The molecule has 1 aromatic rings. The Morgan fingerprint density at radius 1 is 1.29 bits per heavy atom. The summed E-state index contributed by atoms with van der Waals surface area (Å²) in [6.45, 7) is 5.00. The van der Waals surface area contributed by atoms with Crippen LogP contribution < -0.4 is 10.1 Å². The zero-order valence-electron chi connectivity index (χ0n) is 14.3. The molecule has 0 atom stereocenters. The highest BCUT2D eigenvalue weighted by Gasteiger charge is 2.24. The molecule has 6 heteroatoms. The molecule has 1 heterocycles. The van der Waals surface area contributed by atoms with E-state index < -0.39 is 5.82 Å². The Hall–Kier alpha value is -2.11. The second kappa shape index (κ2) is 8.66. The van der Waals surface area contributed by atoms with E-state index in [4.69, 9.17) is 4.74 Å². The van der Waals surface area contributed by atoms with Gasteiger partial charge in [0, 0.05) is 25.6 Å². The number of halogens is 1. The van der Waals surface area contributed by atoms with Crippen LogP contribution in [0.1, 0.15) is 33.1 Å². The number of ether oxygens (including phenoxy) is 1. The fourth-order valence-corrected chi connectivity index (χ4v) is 2.72. The molecule has 0 aliphatic carbocycles.